The molecule has 2 atom stereocenters. The first-order chi connectivity index (χ1) is 24.4. The molecular formula is C47H37N3. The summed E-state index contributed by atoms with van der Waals surface area (Å²) in [6.45, 7) is 9.16. The van der Waals surface area contributed by atoms with Crippen LogP contribution in [0.25, 0.3) is 49.7 Å². The molecule has 9 rings (SSSR count). The Morgan fingerprint density at radius 1 is 0.560 bits per heavy atom. The third-order valence-electron chi connectivity index (χ3n) is 11.9. The Balaban J connectivity index is 1.42. The van der Waals surface area contributed by atoms with Crippen LogP contribution in [-0.2, 0) is 5.41 Å². The van der Waals surface area contributed by atoms with Gasteiger partial charge in [-0.05, 0) is 129 Å². The third-order valence-corrected chi connectivity index (χ3v) is 11.9. The SMILES string of the molecule is CCC(C)c1ccc2c(c1)c1cc(C(C)CC)ccc1n2-c1cccc2c1-c1ccccc1C21c2cc(C#N)ccc2-c2ccc(C#N)cc21. The quantitative estimate of drug-likeness (QED) is 0.187. The van der Waals surface area contributed by atoms with Crippen LogP contribution in [0.15, 0.2) is 115 Å². The minimum atomic E-state index is -0.668. The van der Waals surface area contributed by atoms with E-state index in [1.165, 1.54) is 55.2 Å². The molecular weight excluding hydrogens is 607 g/mol. The molecule has 0 saturated heterocycles. The number of hydrogen-bond donors (Lipinski definition) is 0. The lowest BCUT2D eigenvalue weighted by Crippen LogP contribution is -2.26. The molecule has 6 aromatic carbocycles. The van der Waals surface area contributed by atoms with Crippen molar-refractivity contribution in [3.05, 3.63) is 160 Å². The zero-order valence-corrected chi connectivity index (χ0v) is 28.9. The standard InChI is InChI=1S/C47H37N3/c1-5-28(3)32-16-20-43-37(24-32)38-25-33(29(4)6-2)17-21-44(38)50(43)45-13-9-12-40-46(45)36-10-7-8-11-39(36)47(40)41-22-30(26-48)14-18-34(41)35-19-15-31(27-49)23-42(35)47/h7-25,28-29H,5-6H2,1-4H3. The summed E-state index contributed by atoms with van der Waals surface area (Å²) in [5.74, 6) is 0.949. The van der Waals surface area contributed by atoms with Gasteiger partial charge in [-0.25, -0.2) is 0 Å². The minimum absolute atomic E-state index is 0.474. The van der Waals surface area contributed by atoms with Gasteiger partial charge in [0.05, 0.1) is 45.4 Å². The second kappa shape index (κ2) is 11.1. The molecule has 0 aliphatic heterocycles. The van der Waals surface area contributed by atoms with E-state index in [2.05, 4.69) is 148 Å². The number of hydrogen-bond acceptors (Lipinski definition) is 2. The average Bonchev–Trinajstić information content (AvgIpc) is 3.77. The van der Waals surface area contributed by atoms with Gasteiger partial charge in [0.25, 0.3) is 0 Å². The van der Waals surface area contributed by atoms with Gasteiger partial charge in [-0.2, -0.15) is 10.5 Å². The summed E-state index contributed by atoms with van der Waals surface area (Å²) in [6.07, 6.45) is 2.19. The maximum absolute atomic E-state index is 10.1. The maximum Gasteiger partial charge on any atom is 0.0991 e. The van der Waals surface area contributed by atoms with E-state index in [4.69, 9.17) is 0 Å². The highest BCUT2D eigenvalue weighted by atomic mass is 15.0. The normalized spacial score (nSPS) is 14.5. The summed E-state index contributed by atoms with van der Waals surface area (Å²) >= 11 is 0. The molecule has 1 heterocycles. The molecule has 0 N–H and O–H groups in total. The third kappa shape index (κ3) is 3.90. The second-order valence-electron chi connectivity index (χ2n) is 14.2. The van der Waals surface area contributed by atoms with Gasteiger partial charge in [-0.15, -0.1) is 0 Å². The number of nitrogens with zero attached hydrogens (tertiary/aromatic N) is 3. The lowest BCUT2D eigenvalue weighted by Gasteiger charge is -2.30. The Labute approximate surface area is 293 Å². The van der Waals surface area contributed by atoms with Gasteiger partial charge in [-0.3, -0.25) is 0 Å². The first-order valence-electron chi connectivity index (χ1n) is 17.9. The largest absolute Gasteiger partial charge is 0.309 e. The molecule has 3 heteroatoms. The van der Waals surface area contributed by atoms with Crippen LogP contribution in [0.3, 0.4) is 0 Å². The number of aromatic nitrogens is 1. The molecule has 3 nitrogen and oxygen atoms in total. The van der Waals surface area contributed by atoms with Crippen LogP contribution in [-0.4, -0.2) is 4.57 Å². The summed E-state index contributed by atoms with van der Waals surface area (Å²) in [7, 11) is 0. The van der Waals surface area contributed by atoms with Gasteiger partial charge in [0.2, 0.25) is 0 Å². The summed E-state index contributed by atoms with van der Waals surface area (Å²) in [4.78, 5) is 0. The highest BCUT2D eigenvalue weighted by molar-refractivity contribution is 6.11. The summed E-state index contributed by atoms with van der Waals surface area (Å²) in [5.41, 5.74) is 16.1. The molecule has 1 aromatic heterocycles. The van der Waals surface area contributed by atoms with Crippen LogP contribution in [0, 0.1) is 22.7 Å². The lowest BCUT2D eigenvalue weighted by atomic mass is 9.70. The van der Waals surface area contributed by atoms with Crippen LogP contribution in [0.4, 0.5) is 0 Å². The molecule has 0 bridgehead atoms. The van der Waals surface area contributed by atoms with E-state index < -0.39 is 5.41 Å². The lowest BCUT2D eigenvalue weighted by molar-refractivity contribution is 0.734. The van der Waals surface area contributed by atoms with Gasteiger partial charge in [0, 0.05) is 16.3 Å². The van der Waals surface area contributed by atoms with E-state index >= 15 is 0 Å². The van der Waals surface area contributed by atoms with E-state index in [1.807, 2.05) is 12.1 Å². The Morgan fingerprint density at radius 3 is 1.64 bits per heavy atom. The van der Waals surface area contributed by atoms with Gasteiger partial charge in [0.15, 0.2) is 0 Å². The van der Waals surface area contributed by atoms with Crippen molar-refractivity contribution >= 4 is 21.8 Å². The summed E-state index contributed by atoms with van der Waals surface area (Å²) in [5, 5.41) is 22.8. The van der Waals surface area contributed by atoms with E-state index in [0.29, 0.717) is 23.0 Å². The molecule has 1 spiro atoms. The first kappa shape index (κ1) is 30.2. The zero-order valence-electron chi connectivity index (χ0n) is 28.9. The van der Waals surface area contributed by atoms with Crippen molar-refractivity contribution in [3.63, 3.8) is 0 Å². The fourth-order valence-electron chi connectivity index (χ4n) is 8.94. The molecule has 50 heavy (non-hydrogen) atoms. The van der Waals surface area contributed by atoms with E-state index in [0.717, 1.165) is 40.8 Å². The van der Waals surface area contributed by atoms with Crippen molar-refractivity contribution in [1.82, 2.24) is 4.57 Å². The monoisotopic (exact) mass is 643 g/mol. The molecule has 2 unspecified atom stereocenters. The Kier molecular flexibility index (Phi) is 6.68. The van der Waals surface area contributed by atoms with Gasteiger partial charge in [0.1, 0.15) is 0 Å². The van der Waals surface area contributed by atoms with Gasteiger partial charge in [-0.1, -0.05) is 88.4 Å². The number of nitriles is 2. The molecule has 2 aliphatic carbocycles. The van der Waals surface area contributed by atoms with Crippen molar-refractivity contribution in [2.75, 3.05) is 0 Å². The summed E-state index contributed by atoms with van der Waals surface area (Å²) < 4.78 is 2.48. The average molecular weight is 644 g/mol. The maximum atomic E-state index is 10.1. The van der Waals surface area contributed by atoms with Crippen molar-refractivity contribution in [2.24, 2.45) is 0 Å². The molecule has 0 radical (unpaired) electrons. The predicted octanol–water partition coefficient (Wildman–Crippen LogP) is 11.9. The van der Waals surface area contributed by atoms with Crippen molar-refractivity contribution in [2.45, 2.75) is 57.8 Å². The van der Waals surface area contributed by atoms with E-state index in [1.54, 1.807) is 0 Å². The van der Waals surface area contributed by atoms with Gasteiger partial charge >= 0.3 is 0 Å². The highest BCUT2D eigenvalue weighted by Gasteiger charge is 2.52. The van der Waals surface area contributed by atoms with Crippen LogP contribution < -0.4 is 0 Å². The number of fused-ring (bicyclic) bond motifs is 13. The molecule has 7 aromatic rings. The fourth-order valence-corrected chi connectivity index (χ4v) is 8.94. The van der Waals surface area contributed by atoms with Crippen LogP contribution in [0.2, 0.25) is 0 Å². The Morgan fingerprint density at radius 2 is 1.10 bits per heavy atom. The Hall–Kier alpha value is -5.90. The van der Waals surface area contributed by atoms with Gasteiger partial charge < -0.3 is 4.57 Å². The number of rotatable bonds is 5. The van der Waals surface area contributed by atoms with Crippen LogP contribution in [0.5, 0.6) is 0 Å². The summed E-state index contributed by atoms with van der Waals surface area (Å²) in [6, 6.07) is 46.6. The smallest absolute Gasteiger partial charge is 0.0991 e. The van der Waals surface area contributed by atoms with Crippen molar-refractivity contribution in [1.29, 1.82) is 10.5 Å². The fraction of sp³-hybridized carbons (Fsp3) is 0.191. The molecule has 0 amide bonds. The molecule has 0 saturated carbocycles. The first-order valence-corrected chi connectivity index (χ1v) is 17.9. The van der Waals surface area contributed by atoms with Crippen molar-refractivity contribution in [3.8, 4) is 40.1 Å². The Bertz CT molecular complexity index is 2510. The topological polar surface area (TPSA) is 52.5 Å². The van der Waals surface area contributed by atoms with Crippen molar-refractivity contribution < 1.29 is 0 Å². The van der Waals surface area contributed by atoms with E-state index in [-0.39, 0.29) is 0 Å². The second-order valence-corrected chi connectivity index (χ2v) is 14.2. The predicted molar refractivity (Wildman–Crippen MR) is 204 cm³/mol. The van der Waals surface area contributed by atoms with E-state index in [9.17, 15) is 10.5 Å². The zero-order chi connectivity index (χ0) is 34.3. The number of benzene rings is 6. The minimum Gasteiger partial charge on any atom is -0.309 e. The molecule has 2 aliphatic rings. The van der Waals surface area contributed by atoms with Crippen LogP contribution in [0.1, 0.15) is 96.9 Å². The highest BCUT2D eigenvalue weighted by Crippen LogP contribution is 2.64. The molecule has 240 valence electrons. The molecule has 0 fully saturated rings. The van der Waals surface area contributed by atoms with Crippen LogP contribution >= 0.6 is 0 Å².